The summed E-state index contributed by atoms with van der Waals surface area (Å²) in [6, 6.07) is 0. The maximum Gasteiger partial charge on any atom is 0.870 e. The van der Waals surface area contributed by atoms with Gasteiger partial charge in [0.1, 0.15) is 0 Å². The molecule has 0 aromatic carbocycles. The first-order chi connectivity index (χ1) is 8.70. The minimum absolute atomic E-state index is 0.581. The van der Waals surface area contributed by atoms with Crippen molar-refractivity contribution in [1.29, 1.82) is 0 Å². The fraction of sp³-hybridized carbons (Fsp3) is 0.429. The summed E-state index contributed by atoms with van der Waals surface area (Å²) in [5.41, 5.74) is 0. The lowest BCUT2D eigenvalue weighted by Crippen LogP contribution is -2.50. The molecule has 0 aromatic heterocycles. The first-order valence-electron chi connectivity index (χ1n) is 4.42. The van der Waals surface area contributed by atoms with Crippen molar-refractivity contribution in [2.75, 3.05) is 7.11 Å². The Morgan fingerprint density at radius 2 is 1.68 bits per heavy atom. The highest BCUT2D eigenvalue weighted by Crippen LogP contribution is 2.19. The molecule has 8 nitrogen and oxygen atoms in total. The van der Waals surface area contributed by atoms with Crippen LogP contribution in [-0.2, 0) is 37.9 Å². The Balaban J connectivity index is 2.70. The van der Waals surface area contributed by atoms with Gasteiger partial charge in [-0.15, -0.1) is 0 Å². The third kappa shape index (κ3) is 2.95. The molecule has 19 heavy (non-hydrogen) atoms. The predicted molar refractivity (Wildman–Crippen MR) is 45.9 cm³/mol. The van der Waals surface area contributed by atoms with Crippen LogP contribution in [0.25, 0.3) is 0 Å². The van der Waals surface area contributed by atoms with Crippen molar-refractivity contribution >= 4 is 31.2 Å². The Hall–Kier alpha value is -2.27. The fourth-order valence-electron chi connectivity index (χ4n) is 0.850. The number of hydrogen-bond donors (Lipinski definition) is 0. The molecule has 1 aliphatic rings. The van der Waals surface area contributed by atoms with Crippen LogP contribution in [0.2, 0.25) is 0 Å². The van der Waals surface area contributed by atoms with E-state index in [-0.39, 0.29) is 0 Å². The highest BCUT2D eigenvalue weighted by atomic mass is 19.3. The highest BCUT2D eigenvalue weighted by Gasteiger charge is 2.56. The first kappa shape index (κ1) is 14.8. The van der Waals surface area contributed by atoms with Gasteiger partial charge in [0.2, 0.25) is 0 Å². The van der Waals surface area contributed by atoms with E-state index < -0.39 is 43.3 Å². The summed E-state index contributed by atoms with van der Waals surface area (Å²) in [6.45, 7) is 0. The summed E-state index contributed by atoms with van der Waals surface area (Å²) in [4.78, 5) is 42.8. The number of hydrogen-bond acceptors (Lipinski definition) is 8. The minimum Gasteiger partial charge on any atom is -0.464 e. The Kier molecular flexibility index (Phi) is 4.02. The summed E-state index contributed by atoms with van der Waals surface area (Å²) in [7, 11) is -1.92. The molecule has 0 aromatic rings. The van der Waals surface area contributed by atoms with Crippen LogP contribution in [-0.4, -0.2) is 50.4 Å². The SMILES string of the molecule is COC(=O)C(F)(F)C(=O)OB1OC(=O)C(F)C(=O)O1. The van der Waals surface area contributed by atoms with Crippen LogP contribution in [0.3, 0.4) is 0 Å². The number of methoxy groups -OCH3 is 1. The number of alkyl halides is 3. The van der Waals surface area contributed by atoms with Crippen molar-refractivity contribution < 1.29 is 51.0 Å². The van der Waals surface area contributed by atoms with Crippen molar-refractivity contribution in [2.45, 2.75) is 12.1 Å². The van der Waals surface area contributed by atoms with Crippen LogP contribution in [0, 0.1) is 0 Å². The normalized spacial score (nSPS) is 16.5. The molecular formula is C7H4BF3O8. The maximum atomic E-state index is 12.9. The standard InChI is InChI=1S/C7H4BF3O8/c1-16-5(14)7(10,11)6(15)19-8-17-3(12)2(9)4(13)18-8/h2H,1H3. The van der Waals surface area contributed by atoms with E-state index in [2.05, 4.69) is 18.7 Å². The average molecular weight is 284 g/mol. The van der Waals surface area contributed by atoms with Gasteiger partial charge in [0.25, 0.3) is 6.17 Å². The molecule has 0 spiro atoms. The van der Waals surface area contributed by atoms with Crippen LogP contribution >= 0.6 is 0 Å². The smallest absolute Gasteiger partial charge is 0.464 e. The van der Waals surface area contributed by atoms with Crippen molar-refractivity contribution in [3.05, 3.63) is 0 Å². The Labute approximate surface area is 102 Å². The minimum atomic E-state index is -4.71. The van der Waals surface area contributed by atoms with Gasteiger partial charge in [-0.3, -0.25) is 0 Å². The van der Waals surface area contributed by atoms with Crippen molar-refractivity contribution in [3.63, 3.8) is 0 Å². The average Bonchev–Trinajstić information content (AvgIpc) is 2.34. The summed E-state index contributed by atoms with van der Waals surface area (Å²) < 4.78 is 53.5. The largest absolute Gasteiger partial charge is 0.870 e. The number of ether oxygens (including phenoxy) is 1. The molecule has 0 aliphatic carbocycles. The van der Waals surface area contributed by atoms with Crippen LogP contribution in [0.5, 0.6) is 0 Å². The first-order valence-corrected chi connectivity index (χ1v) is 4.42. The molecule has 0 unspecified atom stereocenters. The van der Waals surface area contributed by atoms with Crippen LogP contribution in [0.15, 0.2) is 0 Å². The van der Waals surface area contributed by atoms with Crippen molar-refractivity contribution in [2.24, 2.45) is 0 Å². The summed E-state index contributed by atoms with van der Waals surface area (Å²) in [5.74, 6) is -13.0. The van der Waals surface area contributed by atoms with Gasteiger partial charge < -0.3 is 18.7 Å². The second kappa shape index (κ2) is 5.16. The molecule has 0 amide bonds. The van der Waals surface area contributed by atoms with E-state index in [0.717, 1.165) is 0 Å². The summed E-state index contributed by atoms with van der Waals surface area (Å²) in [5, 5.41) is 0. The molecule has 1 fully saturated rings. The quantitative estimate of drug-likeness (QED) is 0.360. The van der Waals surface area contributed by atoms with Crippen LogP contribution < -0.4 is 0 Å². The molecular weight excluding hydrogens is 280 g/mol. The molecule has 1 rings (SSSR count). The van der Waals surface area contributed by atoms with Gasteiger partial charge in [0.15, 0.2) is 0 Å². The molecule has 1 saturated heterocycles. The van der Waals surface area contributed by atoms with Gasteiger partial charge in [-0.25, -0.2) is 23.6 Å². The molecule has 0 N–H and O–H groups in total. The van der Waals surface area contributed by atoms with Gasteiger partial charge in [0.05, 0.1) is 7.11 Å². The Bertz CT molecular complexity index is 420. The number of esters is 1. The third-order valence-corrected chi connectivity index (χ3v) is 1.74. The van der Waals surface area contributed by atoms with Gasteiger partial charge in [-0.2, -0.15) is 8.78 Å². The van der Waals surface area contributed by atoms with Crippen molar-refractivity contribution in [3.8, 4) is 0 Å². The number of carbonyl (C=O) groups excluding carboxylic acids is 4. The maximum absolute atomic E-state index is 12.9. The van der Waals surface area contributed by atoms with Gasteiger partial charge >= 0.3 is 37.1 Å². The number of halogens is 3. The zero-order valence-electron chi connectivity index (χ0n) is 9.05. The number of rotatable bonds is 3. The van der Waals surface area contributed by atoms with E-state index in [0.29, 0.717) is 7.11 Å². The zero-order valence-corrected chi connectivity index (χ0v) is 9.05. The number of carbonyl (C=O) groups is 4. The van der Waals surface area contributed by atoms with Crippen LogP contribution in [0.4, 0.5) is 13.2 Å². The molecule has 104 valence electrons. The molecule has 0 saturated carbocycles. The van der Waals surface area contributed by atoms with E-state index in [9.17, 15) is 32.3 Å². The lowest BCUT2D eigenvalue weighted by atomic mass is 10.1. The summed E-state index contributed by atoms with van der Waals surface area (Å²) >= 11 is 0. The Morgan fingerprint density at radius 1 is 1.21 bits per heavy atom. The van der Waals surface area contributed by atoms with Crippen molar-refractivity contribution in [1.82, 2.24) is 0 Å². The van der Waals surface area contributed by atoms with E-state index in [1.807, 2.05) is 0 Å². The molecule has 0 atom stereocenters. The monoisotopic (exact) mass is 284 g/mol. The molecule has 1 aliphatic heterocycles. The summed E-state index contributed by atoms with van der Waals surface area (Å²) in [6.07, 6.45) is -2.77. The van der Waals surface area contributed by atoms with Crippen LogP contribution in [0.1, 0.15) is 0 Å². The third-order valence-electron chi connectivity index (χ3n) is 1.74. The van der Waals surface area contributed by atoms with Gasteiger partial charge in [-0.1, -0.05) is 0 Å². The lowest BCUT2D eigenvalue weighted by Gasteiger charge is -2.20. The second-order valence-corrected chi connectivity index (χ2v) is 3.00. The van der Waals surface area contributed by atoms with Gasteiger partial charge in [0, 0.05) is 0 Å². The highest BCUT2D eigenvalue weighted by molar-refractivity contribution is 6.47. The molecule has 0 radical (unpaired) electrons. The fourth-order valence-corrected chi connectivity index (χ4v) is 0.850. The van der Waals surface area contributed by atoms with E-state index >= 15 is 0 Å². The second-order valence-electron chi connectivity index (χ2n) is 3.00. The lowest BCUT2D eigenvalue weighted by molar-refractivity contribution is -0.186. The predicted octanol–water partition coefficient (Wildman–Crippen LogP) is -1.24. The molecule has 0 bridgehead atoms. The molecule has 1 heterocycles. The van der Waals surface area contributed by atoms with Gasteiger partial charge in [-0.05, 0) is 0 Å². The van der Waals surface area contributed by atoms with E-state index in [4.69, 9.17) is 0 Å². The van der Waals surface area contributed by atoms with E-state index in [1.54, 1.807) is 0 Å². The molecule has 12 heteroatoms. The zero-order chi connectivity index (χ0) is 14.8. The van der Waals surface area contributed by atoms with E-state index in [1.165, 1.54) is 0 Å². The topological polar surface area (TPSA) is 105 Å². The Morgan fingerprint density at radius 3 is 2.11 bits per heavy atom.